The monoisotopic (exact) mass is 189 g/mol. The van der Waals surface area contributed by atoms with Crippen LogP contribution >= 0.6 is 0 Å². The van der Waals surface area contributed by atoms with Gasteiger partial charge in [-0.1, -0.05) is 0 Å². The summed E-state index contributed by atoms with van der Waals surface area (Å²) in [5.41, 5.74) is 0.937. The van der Waals surface area contributed by atoms with Crippen molar-refractivity contribution in [1.82, 2.24) is 15.2 Å². The second-order valence-corrected chi connectivity index (χ2v) is 2.90. The van der Waals surface area contributed by atoms with E-state index in [0.717, 1.165) is 22.9 Å². The Balaban J connectivity index is 2.09. The van der Waals surface area contributed by atoms with Crippen LogP contribution in [0.4, 0.5) is 0 Å². The zero-order valence-electron chi connectivity index (χ0n) is 7.23. The van der Waals surface area contributed by atoms with Gasteiger partial charge in [-0.05, 0) is 18.2 Å². The molecular weight excluding hydrogens is 182 g/mol. The molecule has 14 heavy (non-hydrogen) atoms. The molecule has 2 heterocycles. The van der Waals surface area contributed by atoms with Crippen molar-refractivity contribution in [3.63, 3.8) is 0 Å². The van der Waals surface area contributed by atoms with Crippen LogP contribution in [0.3, 0.4) is 0 Å². The van der Waals surface area contributed by atoms with Gasteiger partial charge in [-0.15, -0.1) is 0 Å². The zero-order chi connectivity index (χ0) is 9.38. The van der Waals surface area contributed by atoms with E-state index in [4.69, 9.17) is 9.47 Å². The maximum atomic E-state index is 5.25. The molecule has 1 aromatic heterocycles. The first-order valence-corrected chi connectivity index (χ1v) is 4.19. The van der Waals surface area contributed by atoms with E-state index in [2.05, 4.69) is 15.2 Å². The van der Waals surface area contributed by atoms with Crippen LogP contribution < -0.4 is 9.47 Å². The summed E-state index contributed by atoms with van der Waals surface area (Å²) in [6.45, 7) is 0.287. The average molecular weight is 189 g/mol. The number of rotatable bonds is 1. The van der Waals surface area contributed by atoms with Crippen molar-refractivity contribution in [2.45, 2.75) is 0 Å². The van der Waals surface area contributed by atoms with E-state index in [1.165, 1.54) is 6.33 Å². The summed E-state index contributed by atoms with van der Waals surface area (Å²) in [4.78, 5) is 4.05. The first-order chi connectivity index (χ1) is 6.93. The number of benzene rings is 1. The zero-order valence-corrected chi connectivity index (χ0v) is 7.23. The molecule has 0 unspecified atom stereocenters. The van der Waals surface area contributed by atoms with Crippen molar-refractivity contribution in [3.8, 4) is 22.9 Å². The molecule has 5 nitrogen and oxygen atoms in total. The lowest BCUT2D eigenvalue weighted by atomic mass is 10.2. The number of hydrogen-bond donors (Lipinski definition) is 1. The minimum Gasteiger partial charge on any atom is -0.454 e. The third kappa shape index (κ3) is 1.02. The Hall–Kier alpha value is -2.04. The van der Waals surface area contributed by atoms with Crippen LogP contribution in [-0.2, 0) is 0 Å². The highest BCUT2D eigenvalue weighted by Crippen LogP contribution is 2.34. The number of fused-ring (bicyclic) bond motifs is 1. The number of ether oxygens (including phenoxy) is 2. The highest BCUT2D eigenvalue weighted by atomic mass is 16.7. The molecule has 0 saturated carbocycles. The van der Waals surface area contributed by atoms with Crippen LogP contribution in [-0.4, -0.2) is 22.0 Å². The molecule has 2 aromatic rings. The fourth-order valence-electron chi connectivity index (χ4n) is 1.39. The standard InChI is InChI=1S/C9H7N3O2/c1-2-7-8(14-5-13-7)3-6(1)9-10-4-11-12-9/h1-4H,5H2,(H,10,11,12). The highest BCUT2D eigenvalue weighted by molar-refractivity contribution is 5.61. The molecule has 1 aliphatic heterocycles. The summed E-state index contributed by atoms with van der Waals surface area (Å²) in [6.07, 6.45) is 1.47. The van der Waals surface area contributed by atoms with E-state index in [-0.39, 0.29) is 6.79 Å². The van der Waals surface area contributed by atoms with E-state index >= 15 is 0 Å². The summed E-state index contributed by atoms with van der Waals surface area (Å²) in [5, 5.41) is 6.57. The first-order valence-electron chi connectivity index (χ1n) is 4.19. The molecule has 5 heteroatoms. The molecule has 1 aliphatic rings. The lowest BCUT2D eigenvalue weighted by Crippen LogP contribution is -1.92. The molecule has 0 fully saturated rings. The van der Waals surface area contributed by atoms with Gasteiger partial charge < -0.3 is 9.47 Å². The Kier molecular flexibility index (Phi) is 1.44. The van der Waals surface area contributed by atoms with Gasteiger partial charge in [0.2, 0.25) is 6.79 Å². The maximum absolute atomic E-state index is 5.25. The fraction of sp³-hybridized carbons (Fsp3) is 0.111. The topological polar surface area (TPSA) is 60.0 Å². The van der Waals surface area contributed by atoms with Crippen LogP contribution in [0, 0.1) is 0 Å². The summed E-state index contributed by atoms with van der Waals surface area (Å²) in [6, 6.07) is 5.65. The second kappa shape index (κ2) is 2.73. The number of hydrogen-bond acceptors (Lipinski definition) is 4. The van der Waals surface area contributed by atoms with Crippen molar-refractivity contribution in [1.29, 1.82) is 0 Å². The Morgan fingerprint density at radius 3 is 3.00 bits per heavy atom. The number of H-pyrrole nitrogens is 1. The largest absolute Gasteiger partial charge is 0.454 e. The van der Waals surface area contributed by atoms with Gasteiger partial charge in [0.1, 0.15) is 6.33 Å². The van der Waals surface area contributed by atoms with Crippen molar-refractivity contribution in [2.24, 2.45) is 0 Å². The number of nitrogens with one attached hydrogen (secondary N) is 1. The second-order valence-electron chi connectivity index (χ2n) is 2.90. The van der Waals surface area contributed by atoms with Gasteiger partial charge >= 0.3 is 0 Å². The minimum absolute atomic E-state index is 0.287. The molecule has 1 aromatic carbocycles. The summed E-state index contributed by atoms with van der Waals surface area (Å²) < 4.78 is 10.5. The van der Waals surface area contributed by atoms with E-state index in [1.807, 2.05) is 18.2 Å². The van der Waals surface area contributed by atoms with Crippen LogP contribution in [0.2, 0.25) is 0 Å². The van der Waals surface area contributed by atoms with Crippen molar-refractivity contribution in [2.75, 3.05) is 6.79 Å². The Labute approximate surface area is 79.7 Å². The van der Waals surface area contributed by atoms with Gasteiger partial charge in [-0.3, -0.25) is 5.10 Å². The molecule has 3 rings (SSSR count). The maximum Gasteiger partial charge on any atom is 0.231 e. The highest BCUT2D eigenvalue weighted by Gasteiger charge is 2.14. The SMILES string of the molecule is c1n[nH]c(-c2ccc3c(c2)OCO3)n1. The average Bonchev–Trinajstić information content (AvgIpc) is 2.88. The van der Waals surface area contributed by atoms with Crippen LogP contribution in [0.15, 0.2) is 24.5 Å². The van der Waals surface area contributed by atoms with Crippen LogP contribution in [0.1, 0.15) is 0 Å². The molecule has 0 saturated heterocycles. The Morgan fingerprint density at radius 1 is 1.21 bits per heavy atom. The molecule has 0 atom stereocenters. The molecule has 70 valence electrons. The van der Waals surface area contributed by atoms with E-state index in [0.29, 0.717) is 0 Å². The van der Waals surface area contributed by atoms with E-state index in [1.54, 1.807) is 0 Å². The summed E-state index contributed by atoms with van der Waals surface area (Å²) in [7, 11) is 0. The quantitative estimate of drug-likeness (QED) is 0.732. The smallest absolute Gasteiger partial charge is 0.231 e. The molecule has 0 spiro atoms. The molecule has 0 aliphatic carbocycles. The molecule has 0 bridgehead atoms. The Morgan fingerprint density at radius 2 is 2.14 bits per heavy atom. The van der Waals surface area contributed by atoms with Gasteiger partial charge in [0.15, 0.2) is 17.3 Å². The third-order valence-corrected chi connectivity index (χ3v) is 2.06. The lowest BCUT2D eigenvalue weighted by molar-refractivity contribution is 0.174. The predicted molar refractivity (Wildman–Crippen MR) is 47.9 cm³/mol. The minimum atomic E-state index is 0.287. The molecule has 1 N–H and O–H groups in total. The van der Waals surface area contributed by atoms with Crippen molar-refractivity contribution in [3.05, 3.63) is 24.5 Å². The van der Waals surface area contributed by atoms with Gasteiger partial charge in [-0.2, -0.15) is 5.10 Å². The normalized spacial score (nSPS) is 13.1. The summed E-state index contributed by atoms with van der Waals surface area (Å²) >= 11 is 0. The van der Waals surface area contributed by atoms with Crippen molar-refractivity contribution < 1.29 is 9.47 Å². The van der Waals surface area contributed by atoms with Gasteiger partial charge in [0.05, 0.1) is 0 Å². The predicted octanol–water partition coefficient (Wildman–Crippen LogP) is 1.20. The van der Waals surface area contributed by atoms with Crippen LogP contribution in [0.5, 0.6) is 11.5 Å². The van der Waals surface area contributed by atoms with Gasteiger partial charge in [0, 0.05) is 5.56 Å². The molecule has 0 radical (unpaired) electrons. The number of aromatic nitrogens is 3. The number of aromatic amines is 1. The fourth-order valence-corrected chi connectivity index (χ4v) is 1.39. The first kappa shape index (κ1) is 7.37. The Bertz CT molecular complexity index is 453. The van der Waals surface area contributed by atoms with Gasteiger partial charge in [0.25, 0.3) is 0 Å². The lowest BCUT2D eigenvalue weighted by Gasteiger charge is -1.98. The summed E-state index contributed by atoms with van der Waals surface area (Å²) in [5.74, 6) is 2.25. The van der Waals surface area contributed by atoms with Crippen molar-refractivity contribution >= 4 is 0 Å². The number of nitrogens with zero attached hydrogens (tertiary/aromatic N) is 2. The van der Waals surface area contributed by atoms with E-state index in [9.17, 15) is 0 Å². The van der Waals surface area contributed by atoms with E-state index < -0.39 is 0 Å². The molecule has 0 amide bonds. The van der Waals surface area contributed by atoms with Crippen LogP contribution in [0.25, 0.3) is 11.4 Å². The molecular formula is C9H7N3O2. The van der Waals surface area contributed by atoms with Gasteiger partial charge in [-0.25, -0.2) is 4.98 Å². The third-order valence-electron chi connectivity index (χ3n) is 2.06.